The van der Waals surface area contributed by atoms with Gasteiger partial charge in [-0.15, -0.1) is 25.5 Å². The number of hydrogen-bond donors (Lipinski definition) is 8. The largest absolute Gasteiger partial charge is 0.432 e. The number of pyridine rings is 5. The van der Waals surface area contributed by atoms with E-state index in [0.717, 1.165) is 90.6 Å². The summed E-state index contributed by atoms with van der Waals surface area (Å²) in [6, 6.07) is 42.9. The van der Waals surface area contributed by atoms with Gasteiger partial charge in [0.2, 0.25) is 35.6 Å². The van der Waals surface area contributed by atoms with Crippen LogP contribution in [-0.2, 0) is 0 Å². The molecule has 0 fully saturated rings. The standard InChI is InChI=1S/C17H16F3N5O.C17H18FN5O.C17H19N5O.C15H15N5O.C14H11F3N4O/c1-10-3-6-14-23-16(24-25(14)8-10)22-13-5-4-12(7-11(13)2)15(26)21-9-17(18,19)20;1-11-3-6-15-21-17(22-23(15)10-11)20-14-5-4-13(9-12(14)2)16(24)19-8-7-18;1-11-5-8-15-19-17(20-22(15)10-11)18-14-7-6-13(9-12(14)2)16(23)21(3)4;1-9-3-6-13-18-15(19-20(13)8-9)17-12-5-4-11(14(16)21)7-10(12)2;1-8-2-5-12-19-14(20-21(12)7-8)18-10-4-3-9(15)6-11(10)22-13(16)17/h3-8H,9H2,1-2H3,(H,21,26)(H,22,24);3-6,9-10H,7-8H2,1-2H3,(H,19,24)(H,20,22);5-10H,1-4H3,(H,18,20);3-8H,1-2H3,(H2,16,21)(H,17,19);2-7,13H,1H3,(H,18,20). The molecule has 5 aromatic carbocycles. The van der Waals surface area contributed by atoms with Gasteiger partial charge < -0.3 is 52.6 Å². The van der Waals surface area contributed by atoms with Gasteiger partial charge in [-0.25, -0.2) is 31.4 Å². The Morgan fingerprint density at radius 2 is 0.724 bits per heavy atom. The number of amides is 4. The molecule has 0 spiro atoms. The van der Waals surface area contributed by atoms with E-state index in [1.165, 1.54) is 18.2 Å². The van der Waals surface area contributed by atoms with Crippen molar-refractivity contribution in [2.24, 2.45) is 5.73 Å². The predicted molar refractivity (Wildman–Crippen MR) is 426 cm³/mol. The Kier molecular flexibility index (Phi) is 25.7. The number of primary amides is 1. The van der Waals surface area contributed by atoms with E-state index in [-0.39, 0.29) is 41.3 Å². The monoisotopic (exact) mass is 1590 g/mol. The first-order chi connectivity index (χ1) is 55.2. The second kappa shape index (κ2) is 36.3. The number of carbonyl (C=O) groups is 4. The molecule has 116 heavy (non-hydrogen) atoms. The molecular weight excluding hydrogens is 1510 g/mol. The van der Waals surface area contributed by atoms with Crippen LogP contribution in [0.3, 0.4) is 0 Å². The van der Waals surface area contributed by atoms with Crippen molar-refractivity contribution in [1.82, 2.24) is 88.5 Å². The van der Waals surface area contributed by atoms with Crippen molar-refractivity contribution in [3.8, 4) is 5.75 Å². The molecule has 15 aromatic rings. The highest BCUT2D eigenvalue weighted by molar-refractivity contribution is 5.96. The van der Waals surface area contributed by atoms with Crippen LogP contribution in [0.5, 0.6) is 5.75 Å². The molecule has 0 bridgehead atoms. The number of aryl methyl sites for hydroxylation is 9. The number of anilines is 10. The van der Waals surface area contributed by atoms with Gasteiger partial charge in [0, 0.05) is 103 Å². The number of aromatic nitrogens is 15. The van der Waals surface area contributed by atoms with Gasteiger partial charge in [-0.05, 0) is 228 Å². The van der Waals surface area contributed by atoms with Crippen molar-refractivity contribution >= 4 is 110 Å². The Balaban J connectivity index is 0.000000143. The van der Waals surface area contributed by atoms with Crippen LogP contribution < -0.4 is 47.7 Å². The summed E-state index contributed by atoms with van der Waals surface area (Å²) in [5.74, 6) is -0.415. The highest BCUT2D eigenvalue weighted by Crippen LogP contribution is 2.31. The van der Waals surface area contributed by atoms with E-state index in [1.54, 1.807) is 109 Å². The van der Waals surface area contributed by atoms with Crippen LogP contribution >= 0.6 is 0 Å². The number of rotatable bonds is 19. The smallest absolute Gasteiger partial charge is 0.405 e. The number of nitrogens with two attached hydrogens (primary N) is 1. The van der Waals surface area contributed by atoms with E-state index in [2.05, 4.69) is 87.1 Å². The Morgan fingerprint density at radius 1 is 0.422 bits per heavy atom. The van der Waals surface area contributed by atoms with E-state index in [9.17, 15) is 49.9 Å². The zero-order valence-electron chi connectivity index (χ0n) is 64.4. The molecule has 4 amide bonds. The average Bonchev–Trinajstić information content (AvgIpc) is 1.68. The predicted octanol–water partition coefficient (Wildman–Crippen LogP) is 14.7. The van der Waals surface area contributed by atoms with E-state index >= 15 is 0 Å². The number of ether oxygens (including phenoxy) is 1. The number of halogens is 7. The minimum absolute atomic E-state index is 0.0130. The molecule has 10 aromatic heterocycles. The normalized spacial score (nSPS) is 11.0. The van der Waals surface area contributed by atoms with Gasteiger partial charge in [-0.1, -0.05) is 30.3 Å². The summed E-state index contributed by atoms with van der Waals surface area (Å²) in [5.41, 5.74) is 22.8. The second-order valence-corrected chi connectivity index (χ2v) is 26.8. The van der Waals surface area contributed by atoms with Crippen molar-refractivity contribution in [2.45, 2.75) is 75.1 Å². The van der Waals surface area contributed by atoms with E-state index < -0.39 is 43.6 Å². The fourth-order valence-corrected chi connectivity index (χ4v) is 11.2. The van der Waals surface area contributed by atoms with Gasteiger partial charge in [-0.3, -0.25) is 19.2 Å². The van der Waals surface area contributed by atoms with Crippen LogP contribution in [0.25, 0.3) is 28.2 Å². The molecule has 0 atom stereocenters. The second-order valence-electron chi connectivity index (χ2n) is 26.8. The third-order valence-corrected chi connectivity index (χ3v) is 17.0. The van der Waals surface area contributed by atoms with Gasteiger partial charge in [0.05, 0.1) is 5.69 Å². The molecule has 598 valence electrons. The molecule has 0 saturated carbocycles. The van der Waals surface area contributed by atoms with Crippen molar-refractivity contribution < 1.29 is 54.6 Å². The van der Waals surface area contributed by atoms with Crippen LogP contribution in [0.2, 0.25) is 0 Å². The fraction of sp³-hybridized carbons (Fsp3) is 0.200. The maximum absolute atomic E-state index is 13.2. The number of fused-ring (bicyclic) bond motifs is 5. The van der Waals surface area contributed by atoms with Crippen LogP contribution in [0, 0.1) is 68.1 Å². The molecule has 0 aliphatic rings. The lowest BCUT2D eigenvalue weighted by Gasteiger charge is -2.12. The molecule has 36 heteroatoms. The Bertz CT molecular complexity index is 6100. The number of nitrogens with one attached hydrogen (secondary N) is 7. The quantitative estimate of drug-likeness (QED) is 0.0349. The zero-order chi connectivity index (χ0) is 83.2. The highest BCUT2D eigenvalue weighted by atomic mass is 19.4. The maximum atomic E-state index is 13.2. The van der Waals surface area contributed by atoms with Crippen LogP contribution in [0.4, 0.5) is 88.9 Å². The summed E-state index contributed by atoms with van der Waals surface area (Å²) in [6.45, 7) is 12.3. The topological polar surface area (TPSA) is 342 Å². The average molecular weight is 1590 g/mol. The zero-order valence-corrected chi connectivity index (χ0v) is 64.4. The van der Waals surface area contributed by atoms with Gasteiger partial charge in [0.1, 0.15) is 19.0 Å². The minimum Gasteiger partial charge on any atom is -0.432 e. The summed E-state index contributed by atoms with van der Waals surface area (Å²) < 4.78 is 99.3. The lowest BCUT2D eigenvalue weighted by molar-refractivity contribution is -0.123. The molecule has 0 saturated heterocycles. The Labute approximate surface area is 658 Å². The Morgan fingerprint density at radius 3 is 1.03 bits per heavy atom. The number of benzene rings is 5. The van der Waals surface area contributed by atoms with E-state index in [0.29, 0.717) is 63.0 Å². The van der Waals surface area contributed by atoms with Crippen molar-refractivity contribution in [2.75, 3.05) is 60.4 Å². The van der Waals surface area contributed by atoms with Crippen LogP contribution in [-0.4, -0.2) is 148 Å². The number of carbonyl (C=O) groups excluding carboxylic acids is 4. The number of alkyl halides is 6. The molecule has 15 rings (SSSR count). The molecule has 29 nitrogen and oxygen atoms in total. The third kappa shape index (κ3) is 21.9. The van der Waals surface area contributed by atoms with Gasteiger partial charge in [0.25, 0.3) is 17.7 Å². The minimum atomic E-state index is -4.45. The van der Waals surface area contributed by atoms with Crippen LogP contribution in [0.1, 0.15) is 91.5 Å². The summed E-state index contributed by atoms with van der Waals surface area (Å²) in [4.78, 5) is 70.1. The molecule has 0 aliphatic heterocycles. The SMILES string of the molecule is Cc1ccc2nc(Nc3ccc(C(=O)N(C)C)cc3C)nn2c1.Cc1ccc2nc(Nc3ccc(C(=O)NCC(F)(F)F)cc3C)nn2c1.Cc1ccc2nc(Nc3ccc(C(=O)NCCF)cc3C)nn2c1.Cc1ccc2nc(Nc3ccc(C(N)=O)cc3C)nn2c1.Cc1ccc2nc(Nc3ccc(F)cc3OC(F)F)nn2c1. The number of nitrogens with zero attached hydrogens (tertiary/aromatic N) is 16. The first-order valence-corrected chi connectivity index (χ1v) is 35.6. The first kappa shape index (κ1) is 82.4. The first-order valence-electron chi connectivity index (χ1n) is 35.6. The maximum Gasteiger partial charge on any atom is 0.405 e. The molecule has 0 radical (unpaired) electrons. The highest BCUT2D eigenvalue weighted by Gasteiger charge is 2.28. The summed E-state index contributed by atoms with van der Waals surface area (Å²) in [5, 5.41) is 41.3. The van der Waals surface area contributed by atoms with Crippen LogP contribution in [0.15, 0.2) is 183 Å². The molecule has 9 N–H and O–H groups in total. The molecule has 0 aliphatic carbocycles. The van der Waals surface area contributed by atoms with Gasteiger partial charge >= 0.3 is 12.8 Å². The third-order valence-electron chi connectivity index (χ3n) is 17.0. The Hall–Kier alpha value is -14.6. The summed E-state index contributed by atoms with van der Waals surface area (Å²) >= 11 is 0. The van der Waals surface area contributed by atoms with Crippen molar-refractivity contribution in [3.05, 3.63) is 261 Å². The molecule has 10 heterocycles. The van der Waals surface area contributed by atoms with Crippen molar-refractivity contribution in [3.63, 3.8) is 0 Å². The van der Waals surface area contributed by atoms with Crippen molar-refractivity contribution in [1.29, 1.82) is 0 Å². The number of hydrogen-bond acceptors (Lipinski definition) is 20. The molecular formula is C80H79F7N24O5. The van der Waals surface area contributed by atoms with E-state index in [4.69, 9.17) is 5.73 Å². The lowest BCUT2D eigenvalue weighted by Crippen LogP contribution is -2.33. The fourth-order valence-electron chi connectivity index (χ4n) is 11.2. The summed E-state index contributed by atoms with van der Waals surface area (Å²) in [6.07, 6.45) is 4.91. The van der Waals surface area contributed by atoms with Gasteiger partial charge in [0.15, 0.2) is 34.0 Å². The molecule has 0 unspecified atom stereocenters. The summed E-state index contributed by atoms with van der Waals surface area (Å²) in [7, 11) is 3.48. The van der Waals surface area contributed by atoms with Gasteiger partial charge in [-0.2, -0.15) is 46.9 Å². The lowest BCUT2D eigenvalue weighted by atomic mass is 10.1. The van der Waals surface area contributed by atoms with E-state index in [1.807, 2.05) is 152 Å².